The van der Waals surface area contributed by atoms with E-state index in [-0.39, 0.29) is 25.7 Å². The highest BCUT2D eigenvalue weighted by Crippen LogP contribution is 2.08. The Bertz CT molecular complexity index is 876. The number of hydrogen-bond acceptors (Lipinski definition) is 8. The number of amides is 3. The molecule has 14 nitrogen and oxygen atoms in total. The fourth-order valence-corrected chi connectivity index (χ4v) is 3.31. The number of hydrogen-bond donors (Lipinski definition) is 8. The van der Waals surface area contributed by atoms with E-state index < -0.39 is 59.7 Å². The SMILES string of the molecule is CC(C)C(NC(=O)C(N)CCC(=O)O)C(=O)NC(Cc1cnc[nH]1)C(=O)NC(CCCCN)C(=O)O. The van der Waals surface area contributed by atoms with E-state index in [0.717, 1.165) is 0 Å². The summed E-state index contributed by atoms with van der Waals surface area (Å²) in [4.78, 5) is 67.6. The van der Waals surface area contributed by atoms with Crippen LogP contribution in [0.5, 0.6) is 0 Å². The minimum absolute atomic E-state index is 0.0103. The molecule has 14 heteroatoms. The Kier molecular flexibility index (Phi) is 13.1. The number of imidazole rings is 1. The quantitative estimate of drug-likeness (QED) is 0.112. The molecule has 0 aromatic carbocycles. The summed E-state index contributed by atoms with van der Waals surface area (Å²) in [7, 11) is 0. The van der Waals surface area contributed by atoms with E-state index in [1.54, 1.807) is 13.8 Å². The first-order chi connectivity index (χ1) is 17.0. The molecule has 1 rings (SSSR count). The number of nitrogens with two attached hydrogens (primary N) is 2. The normalized spacial score (nSPS) is 14.4. The summed E-state index contributed by atoms with van der Waals surface area (Å²) in [6.07, 6.45) is 3.69. The fourth-order valence-electron chi connectivity index (χ4n) is 3.31. The summed E-state index contributed by atoms with van der Waals surface area (Å²) in [6.45, 7) is 3.74. The van der Waals surface area contributed by atoms with Crippen LogP contribution in [0, 0.1) is 5.92 Å². The third kappa shape index (κ3) is 10.8. The summed E-state index contributed by atoms with van der Waals surface area (Å²) in [6, 6.07) is -4.56. The van der Waals surface area contributed by atoms with Crippen LogP contribution in [0.4, 0.5) is 0 Å². The van der Waals surface area contributed by atoms with Crippen LogP contribution in [0.2, 0.25) is 0 Å². The van der Waals surface area contributed by atoms with Gasteiger partial charge >= 0.3 is 11.9 Å². The van der Waals surface area contributed by atoms with Crippen LogP contribution in [0.1, 0.15) is 51.6 Å². The van der Waals surface area contributed by atoms with Crippen LogP contribution < -0.4 is 27.4 Å². The molecule has 0 aliphatic heterocycles. The van der Waals surface area contributed by atoms with Crippen molar-refractivity contribution >= 4 is 29.7 Å². The summed E-state index contributed by atoms with van der Waals surface area (Å²) < 4.78 is 0. The Morgan fingerprint density at radius 3 is 2.17 bits per heavy atom. The average molecular weight is 512 g/mol. The number of H-pyrrole nitrogens is 1. The molecule has 0 radical (unpaired) electrons. The molecule has 0 aliphatic rings. The molecule has 0 saturated carbocycles. The Morgan fingerprint density at radius 1 is 0.972 bits per heavy atom. The van der Waals surface area contributed by atoms with Crippen LogP contribution in [-0.2, 0) is 30.4 Å². The number of unbranched alkanes of at least 4 members (excludes halogenated alkanes) is 1. The van der Waals surface area contributed by atoms with Gasteiger partial charge in [0.1, 0.15) is 18.1 Å². The van der Waals surface area contributed by atoms with Crippen molar-refractivity contribution in [3.8, 4) is 0 Å². The van der Waals surface area contributed by atoms with E-state index in [4.69, 9.17) is 16.6 Å². The topological polar surface area (TPSA) is 243 Å². The van der Waals surface area contributed by atoms with Gasteiger partial charge in [0.2, 0.25) is 17.7 Å². The number of rotatable bonds is 17. The molecule has 4 unspecified atom stereocenters. The van der Waals surface area contributed by atoms with Crippen LogP contribution in [0.3, 0.4) is 0 Å². The van der Waals surface area contributed by atoms with Crippen LogP contribution >= 0.6 is 0 Å². The summed E-state index contributed by atoms with van der Waals surface area (Å²) in [5, 5.41) is 25.8. The number of carbonyl (C=O) groups excluding carboxylic acids is 3. The Labute approximate surface area is 209 Å². The van der Waals surface area contributed by atoms with Gasteiger partial charge < -0.3 is 42.6 Å². The fraction of sp³-hybridized carbons (Fsp3) is 0.636. The van der Waals surface area contributed by atoms with Crippen molar-refractivity contribution in [3.05, 3.63) is 18.2 Å². The lowest BCUT2D eigenvalue weighted by Gasteiger charge is -2.27. The van der Waals surface area contributed by atoms with Gasteiger partial charge in [0, 0.05) is 24.7 Å². The zero-order chi connectivity index (χ0) is 27.3. The van der Waals surface area contributed by atoms with Crippen molar-refractivity contribution in [3.63, 3.8) is 0 Å². The maximum atomic E-state index is 13.1. The van der Waals surface area contributed by atoms with E-state index >= 15 is 0 Å². The summed E-state index contributed by atoms with van der Waals surface area (Å²) in [5.41, 5.74) is 11.7. The predicted molar refractivity (Wildman–Crippen MR) is 128 cm³/mol. The molecule has 0 bridgehead atoms. The van der Waals surface area contributed by atoms with E-state index in [1.807, 2.05) is 0 Å². The van der Waals surface area contributed by atoms with E-state index in [9.17, 15) is 29.1 Å². The molecule has 1 aromatic rings. The number of aliphatic carboxylic acids is 2. The highest BCUT2D eigenvalue weighted by atomic mass is 16.4. The van der Waals surface area contributed by atoms with Gasteiger partial charge in [0.15, 0.2) is 0 Å². The third-order valence-electron chi connectivity index (χ3n) is 5.43. The second-order valence-electron chi connectivity index (χ2n) is 8.80. The lowest BCUT2D eigenvalue weighted by Crippen LogP contribution is -2.58. The number of aromatic amines is 1. The molecule has 1 aromatic heterocycles. The average Bonchev–Trinajstić information content (AvgIpc) is 3.32. The Hall–Kier alpha value is -3.52. The first-order valence-electron chi connectivity index (χ1n) is 11.7. The van der Waals surface area contributed by atoms with E-state index in [2.05, 4.69) is 25.9 Å². The highest BCUT2D eigenvalue weighted by molar-refractivity contribution is 5.94. The second kappa shape index (κ2) is 15.5. The summed E-state index contributed by atoms with van der Waals surface area (Å²) >= 11 is 0. The molecule has 3 amide bonds. The molecule has 0 saturated heterocycles. The zero-order valence-electron chi connectivity index (χ0n) is 20.5. The lowest BCUT2D eigenvalue weighted by atomic mass is 10.0. The van der Waals surface area contributed by atoms with Gasteiger partial charge in [-0.1, -0.05) is 13.8 Å². The number of carboxylic acids is 2. The van der Waals surface area contributed by atoms with Gasteiger partial charge in [-0.3, -0.25) is 19.2 Å². The smallest absolute Gasteiger partial charge is 0.326 e. The van der Waals surface area contributed by atoms with Gasteiger partial charge in [-0.05, 0) is 38.1 Å². The van der Waals surface area contributed by atoms with Gasteiger partial charge in [0.25, 0.3) is 0 Å². The molecule has 10 N–H and O–H groups in total. The maximum Gasteiger partial charge on any atom is 0.326 e. The molecule has 0 aliphatic carbocycles. The maximum absolute atomic E-state index is 13.1. The van der Waals surface area contributed by atoms with Crippen molar-refractivity contribution in [1.82, 2.24) is 25.9 Å². The summed E-state index contributed by atoms with van der Waals surface area (Å²) in [5.74, 6) is -4.82. The van der Waals surface area contributed by atoms with Crippen molar-refractivity contribution in [2.24, 2.45) is 17.4 Å². The zero-order valence-corrected chi connectivity index (χ0v) is 20.5. The van der Waals surface area contributed by atoms with Crippen LogP contribution in [0.15, 0.2) is 12.5 Å². The number of carbonyl (C=O) groups is 5. The van der Waals surface area contributed by atoms with Crippen molar-refractivity contribution in [2.45, 2.75) is 76.5 Å². The Balaban J connectivity index is 2.98. The first kappa shape index (κ1) is 30.5. The third-order valence-corrected chi connectivity index (χ3v) is 5.43. The number of nitrogens with one attached hydrogen (secondary N) is 4. The van der Waals surface area contributed by atoms with Crippen LogP contribution in [0.25, 0.3) is 0 Å². The molecule has 4 atom stereocenters. The van der Waals surface area contributed by atoms with Gasteiger partial charge in [-0.15, -0.1) is 0 Å². The number of carboxylic acid groups (broad SMARTS) is 2. The van der Waals surface area contributed by atoms with Gasteiger partial charge in [-0.2, -0.15) is 0 Å². The molecule has 1 heterocycles. The number of nitrogens with zero attached hydrogens (tertiary/aromatic N) is 1. The molecular weight excluding hydrogens is 474 g/mol. The number of aromatic nitrogens is 2. The Morgan fingerprint density at radius 2 is 1.64 bits per heavy atom. The molecule has 0 fully saturated rings. The molecule has 36 heavy (non-hydrogen) atoms. The minimum Gasteiger partial charge on any atom is -0.481 e. The largest absolute Gasteiger partial charge is 0.481 e. The van der Waals surface area contributed by atoms with E-state index in [1.165, 1.54) is 12.5 Å². The van der Waals surface area contributed by atoms with Crippen molar-refractivity contribution < 1.29 is 34.2 Å². The minimum atomic E-state index is -1.21. The second-order valence-corrected chi connectivity index (χ2v) is 8.80. The standard InChI is InChI=1S/C22H37N7O7/c1-12(2)18(29-19(32)14(24)6-7-17(30)31)21(34)28-16(9-13-10-25-11-26-13)20(33)27-15(22(35)36)5-3-4-8-23/h10-12,14-16,18H,3-9,23-24H2,1-2H3,(H,25,26)(H,27,33)(H,28,34)(H,29,32)(H,30,31)(H,35,36). The van der Waals surface area contributed by atoms with Gasteiger partial charge in [0.05, 0.1) is 12.4 Å². The highest BCUT2D eigenvalue weighted by Gasteiger charge is 2.32. The lowest BCUT2D eigenvalue weighted by molar-refractivity contribution is -0.142. The monoisotopic (exact) mass is 511 g/mol. The van der Waals surface area contributed by atoms with E-state index in [0.29, 0.717) is 25.1 Å². The molecule has 202 valence electrons. The molecule has 0 spiro atoms. The predicted octanol–water partition coefficient (Wildman–Crippen LogP) is -1.53. The first-order valence-corrected chi connectivity index (χ1v) is 11.7. The van der Waals surface area contributed by atoms with Gasteiger partial charge in [-0.25, -0.2) is 9.78 Å². The van der Waals surface area contributed by atoms with Crippen LogP contribution in [-0.4, -0.2) is 80.6 Å². The van der Waals surface area contributed by atoms with Crippen molar-refractivity contribution in [2.75, 3.05) is 6.54 Å². The van der Waals surface area contributed by atoms with Crippen molar-refractivity contribution in [1.29, 1.82) is 0 Å². The molecular formula is C22H37N7O7.